The van der Waals surface area contributed by atoms with E-state index in [1.807, 2.05) is 0 Å². The van der Waals surface area contributed by atoms with Crippen molar-refractivity contribution in [3.8, 4) is 0 Å². The van der Waals surface area contributed by atoms with Crippen LogP contribution in [-0.4, -0.2) is 15.9 Å². The van der Waals surface area contributed by atoms with Crippen LogP contribution in [0.1, 0.15) is 42.4 Å². The molecule has 1 aromatic heterocycles. The minimum Gasteiger partial charge on any atom is -0.383 e. The lowest BCUT2D eigenvalue weighted by Gasteiger charge is -2.05. The Balaban J connectivity index is 2.31. The number of nitrogens with two attached hydrogens (primary N) is 2. The average Bonchev–Trinajstić information content (AvgIpc) is 2.74. The predicted octanol–water partition coefficient (Wildman–Crippen LogP) is 0.671. The summed E-state index contributed by atoms with van der Waals surface area (Å²) in [7, 11) is 0. The number of carbonyl (C=O) groups excluding carboxylic acids is 1. The second-order valence-electron chi connectivity index (χ2n) is 4.64. The van der Waals surface area contributed by atoms with Crippen molar-refractivity contribution in [3.63, 3.8) is 0 Å². The van der Waals surface area contributed by atoms with Crippen molar-refractivity contribution in [2.24, 2.45) is 11.1 Å². The van der Waals surface area contributed by atoms with Crippen LogP contribution in [0, 0.1) is 5.41 Å². The number of anilines is 1. The molecule has 0 saturated heterocycles. The van der Waals surface area contributed by atoms with E-state index in [1.54, 1.807) is 0 Å². The first-order valence-corrected chi connectivity index (χ1v) is 4.84. The molecule has 15 heavy (non-hydrogen) atoms. The van der Waals surface area contributed by atoms with E-state index in [2.05, 4.69) is 23.8 Å². The predicted molar refractivity (Wildman–Crippen MR) is 56.1 cm³/mol. The fourth-order valence-electron chi connectivity index (χ4n) is 1.68. The highest BCUT2D eigenvalue weighted by Crippen LogP contribution is 2.57. The Morgan fingerprint density at radius 3 is 2.60 bits per heavy atom. The SMILES string of the molecule is CC1(C)CC1c1ncc(C(N)=O)c(N)n1. The Morgan fingerprint density at radius 2 is 2.20 bits per heavy atom. The number of nitrogens with zero attached hydrogens (tertiary/aromatic N) is 2. The minimum absolute atomic E-state index is 0.176. The molecule has 2 rings (SSSR count). The van der Waals surface area contributed by atoms with Crippen LogP contribution in [0.5, 0.6) is 0 Å². The number of nitrogen functional groups attached to an aromatic ring is 1. The molecule has 5 nitrogen and oxygen atoms in total. The molecule has 1 aliphatic rings. The van der Waals surface area contributed by atoms with Crippen LogP contribution in [0.3, 0.4) is 0 Å². The first-order chi connectivity index (χ1) is 6.92. The van der Waals surface area contributed by atoms with Gasteiger partial charge in [-0.2, -0.15) is 0 Å². The molecule has 1 unspecified atom stereocenters. The molecule has 5 heteroatoms. The van der Waals surface area contributed by atoms with Crippen molar-refractivity contribution in [1.29, 1.82) is 0 Å². The lowest BCUT2D eigenvalue weighted by atomic mass is 10.1. The van der Waals surface area contributed by atoms with E-state index in [9.17, 15) is 4.79 Å². The maximum atomic E-state index is 10.9. The summed E-state index contributed by atoms with van der Waals surface area (Å²) in [6, 6.07) is 0. The Bertz CT molecular complexity index is 427. The summed E-state index contributed by atoms with van der Waals surface area (Å²) < 4.78 is 0. The van der Waals surface area contributed by atoms with Gasteiger partial charge >= 0.3 is 0 Å². The number of aromatic nitrogens is 2. The van der Waals surface area contributed by atoms with Gasteiger partial charge < -0.3 is 11.5 Å². The van der Waals surface area contributed by atoms with Crippen LogP contribution in [0.4, 0.5) is 5.82 Å². The summed E-state index contributed by atoms with van der Waals surface area (Å²) >= 11 is 0. The van der Waals surface area contributed by atoms with Crippen LogP contribution >= 0.6 is 0 Å². The molecule has 0 radical (unpaired) electrons. The van der Waals surface area contributed by atoms with Crippen LogP contribution in [0.2, 0.25) is 0 Å². The number of hydrogen-bond acceptors (Lipinski definition) is 4. The Morgan fingerprint density at radius 1 is 1.60 bits per heavy atom. The molecule has 1 atom stereocenters. The van der Waals surface area contributed by atoms with E-state index in [0.717, 1.165) is 6.42 Å². The Kier molecular flexibility index (Phi) is 1.92. The van der Waals surface area contributed by atoms with E-state index in [-0.39, 0.29) is 16.8 Å². The van der Waals surface area contributed by atoms with Crippen molar-refractivity contribution in [2.45, 2.75) is 26.2 Å². The monoisotopic (exact) mass is 206 g/mol. The van der Waals surface area contributed by atoms with Crippen LogP contribution in [0.25, 0.3) is 0 Å². The maximum Gasteiger partial charge on any atom is 0.254 e. The molecule has 1 amide bonds. The molecule has 1 heterocycles. The Hall–Kier alpha value is -1.65. The Labute approximate surface area is 87.9 Å². The molecule has 80 valence electrons. The van der Waals surface area contributed by atoms with Gasteiger partial charge in [0, 0.05) is 12.1 Å². The summed E-state index contributed by atoms with van der Waals surface area (Å²) in [5.41, 5.74) is 11.2. The standard InChI is InChI=1S/C10H14N4O/c1-10(2)3-6(10)9-13-4-5(8(12)15)7(11)14-9/h4,6H,3H2,1-2H3,(H2,12,15)(H2,11,13,14). The second-order valence-corrected chi connectivity index (χ2v) is 4.64. The molecule has 0 aromatic carbocycles. The van der Waals surface area contributed by atoms with E-state index in [4.69, 9.17) is 11.5 Å². The summed E-state index contributed by atoms with van der Waals surface area (Å²) in [6.07, 6.45) is 2.47. The molecule has 1 fully saturated rings. The van der Waals surface area contributed by atoms with E-state index in [1.165, 1.54) is 6.20 Å². The summed E-state index contributed by atoms with van der Waals surface area (Å²) in [5.74, 6) is 0.647. The van der Waals surface area contributed by atoms with Crippen molar-refractivity contribution in [3.05, 3.63) is 17.6 Å². The normalized spacial score (nSPS) is 22.4. The highest BCUT2D eigenvalue weighted by Gasteiger charge is 2.48. The van der Waals surface area contributed by atoms with Gasteiger partial charge in [-0.25, -0.2) is 9.97 Å². The van der Waals surface area contributed by atoms with Crippen LogP contribution in [0.15, 0.2) is 6.20 Å². The molecule has 0 bridgehead atoms. The van der Waals surface area contributed by atoms with Gasteiger partial charge in [0.25, 0.3) is 5.91 Å². The quantitative estimate of drug-likeness (QED) is 0.743. The molecule has 0 aliphatic heterocycles. The minimum atomic E-state index is -0.589. The van der Waals surface area contributed by atoms with Gasteiger partial charge in [-0.15, -0.1) is 0 Å². The lowest BCUT2D eigenvalue weighted by molar-refractivity contribution is 0.100. The molecule has 1 aliphatic carbocycles. The largest absolute Gasteiger partial charge is 0.383 e. The van der Waals surface area contributed by atoms with Gasteiger partial charge in [0.1, 0.15) is 11.6 Å². The smallest absolute Gasteiger partial charge is 0.254 e. The van der Waals surface area contributed by atoms with Gasteiger partial charge in [-0.05, 0) is 11.8 Å². The van der Waals surface area contributed by atoms with Gasteiger partial charge in [-0.3, -0.25) is 4.79 Å². The summed E-state index contributed by atoms with van der Waals surface area (Å²) in [4.78, 5) is 19.2. The molecule has 4 N–H and O–H groups in total. The molecule has 1 aromatic rings. The zero-order valence-corrected chi connectivity index (χ0v) is 8.82. The maximum absolute atomic E-state index is 10.9. The number of amides is 1. The fourth-order valence-corrected chi connectivity index (χ4v) is 1.68. The third kappa shape index (κ3) is 1.65. The van der Waals surface area contributed by atoms with Crippen LogP contribution in [-0.2, 0) is 0 Å². The van der Waals surface area contributed by atoms with E-state index >= 15 is 0 Å². The average molecular weight is 206 g/mol. The second kappa shape index (κ2) is 2.92. The number of hydrogen-bond donors (Lipinski definition) is 2. The lowest BCUT2D eigenvalue weighted by Crippen LogP contribution is -2.16. The topological polar surface area (TPSA) is 94.9 Å². The van der Waals surface area contributed by atoms with Gasteiger partial charge in [0.2, 0.25) is 0 Å². The fraction of sp³-hybridized carbons (Fsp3) is 0.500. The number of carbonyl (C=O) groups is 1. The van der Waals surface area contributed by atoms with Crippen LogP contribution < -0.4 is 11.5 Å². The number of rotatable bonds is 2. The summed E-state index contributed by atoms with van der Waals surface area (Å²) in [6.45, 7) is 4.30. The first kappa shape index (κ1) is 9.89. The van der Waals surface area contributed by atoms with Crippen molar-refractivity contribution >= 4 is 11.7 Å². The molecular formula is C10H14N4O. The van der Waals surface area contributed by atoms with E-state index in [0.29, 0.717) is 11.7 Å². The van der Waals surface area contributed by atoms with E-state index < -0.39 is 5.91 Å². The molecule has 1 saturated carbocycles. The van der Waals surface area contributed by atoms with Crippen molar-refractivity contribution in [2.75, 3.05) is 5.73 Å². The van der Waals surface area contributed by atoms with Crippen molar-refractivity contribution in [1.82, 2.24) is 9.97 Å². The summed E-state index contributed by atoms with van der Waals surface area (Å²) in [5, 5.41) is 0. The van der Waals surface area contributed by atoms with Gasteiger partial charge in [-0.1, -0.05) is 13.8 Å². The first-order valence-electron chi connectivity index (χ1n) is 4.84. The zero-order chi connectivity index (χ0) is 11.2. The highest BCUT2D eigenvalue weighted by molar-refractivity contribution is 5.96. The van der Waals surface area contributed by atoms with Crippen molar-refractivity contribution < 1.29 is 4.79 Å². The number of primary amides is 1. The molecular weight excluding hydrogens is 192 g/mol. The third-order valence-corrected chi connectivity index (χ3v) is 2.93. The highest BCUT2D eigenvalue weighted by atomic mass is 16.1. The van der Waals surface area contributed by atoms with Gasteiger partial charge in [0.05, 0.1) is 5.56 Å². The molecule has 0 spiro atoms. The zero-order valence-electron chi connectivity index (χ0n) is 8.82. The third-order valence-electron chi connectivity index (χ3n) is 2.93. The van der Waals surface area contributed by atoms with Gasteiger partial charge in [0.15, 0.2) is 0 Å².